The fourth-order valence-electron chi connectivity index (χ4n) is 3.63. The summed E-state index contributed by atoms with van der Waals surface area (Å²) in [5.74, 6) is 1.87. The van der Waals surface area contributed by atoms with Crippen molar-refractivity contribution >= 4 is 5.69 Å². The molecule has 1 aliphatic heterocycles. The first-order chi connectivity index (χ1) is 10.2. The molecule has 2 N–H and O–H groups in total. The summed E-state index contributed by atoms with van der Waals surface area (Å²) in [6.07, 6.45) is 1.43. The minimum atomic E-state index is -0.0428. The molecule has 2 aromatic carbocycles. The lowest BCUT2D eigenvalue weighted by Gasteiger charge is -2.26. The van der Waals surface area contributed by atoms with Crippen molar-refractivity contribution in [3.05, 3.63) is 65.2 Å². The fraction of sp³-hybridized carbons (Fsp3) is 0.368. The summed E-state index contributed by atoms with van der Waals surface area (Å²) < 4.78 is 0. The average molecular weight is 278 g/mol. The summed E-state index contributed by atoms with van der Waals surface area (Å²) in [5, 5.41) is 0. The maximum atomic E-state index is 6.55. The van der Waals surface area contributed by atoms with Crippen molar-refractivity contribution in [1.29, 1.82) is 0 Å². The van der Waals surface area contributed by atoms with E-state index in [2.05, 4.69) is 54.3 Å². The summed E-state index contributed by atoms with van der Waals surface area (Å²) in [6.45, 7) is 4.59. The van der Waals surface area contributed by atoms with Crippen LogP contribution in [0.4, 0.5) is 5.69 Å². The predicted molar refractivity (Wildman–Crippen MR) is 87.5 cm³/mol. The number of hydrogen-bond donors (Lipinski definition) is 1. The van der Waals surface area contributed by atoms with Crippen LogP contribution < -0.4 is 10.6 Å². The Bertz CT molecular complexity index is 640. The second-order valence-electron chi connectivity index (χ2n) is 6.61. The quantitative estimate of drug-likeness (QED) is 0.931. The van der Waals surface area contributed by atoms with E-state index in [4.69, 9.17) is 5.73 Å². The van der Waals surface area contributed by atoms with Gasteiger partial charge in [0, 0.05) is 18.8 Å². The Labute approximate surface area is 126 Å². The molecule has 4 rings (SSSR count). The largest absolute Gasteiger partial charge is 0.371 e. The van der Waals surface area contributed by atoms with Gasteiger partial charge in [0.2, 0.25) is 0 Å². The van der Waals surface area contributed by atoms with Crippen LogP contribution in [0.15, 0.2) is 48.5 Å². The third kappa shape index (κ3) is 2.34. The van der Waals surface area contributed by atoms with Gasteiger partial charge in [0.25, 0.3) is 0 Å². The van der Waals surface area contributed by atoms with E-state index in [1.54, 1.807) is 0 Å². The van der Waals surface area contributed by atoms with E-state index in [1.807, 2.05) is 6.07 Å². The Morgan fingerprint density at radius 3 is 2.48 bits per heavy atom. The monoisotopic (exact) mass is 278 g/mol. The van der Waals surface area contributed by atoms with E-state index in [1.165, 1.54) is 41.9 Å². The topological polar surface area (TPSA) is 29.3 Å². The van der Waals surface area contributed by atoms with Gasteiger partial charge in [0.1, 0.15) is 0 Å². The normalized spacial score (nSPS) is 24.8. The molecule has 1 saturated carbocycles. The molecule has 2 aliphatic rings. The standard InChI is InChI=1S/C19H22N2/c1-13-7-8-17(19(20)14-5-3-2-4-6-14)18(9-13)21-11-15-10-16(15)12-21/h2-9,15-16,19H,10-12,20H2,1H3. The number of fused-ring (bicyclic) bond motifs is 1. The van der Waals surface area contributed by atoms with E-state index in [-0.39, 0.29) is 6.04 Å². The third-order valence-corrected chi connectivity index (χ3v) is 5.00. The van der Waals surface area contributed by atoms with Gasteiger partial charge < -0.3 is 10.6 Å². The van der Waals surface area contributed by atoms with Gasteiger partial charge in [-0.2, -0.15) is 0 Å². The number of hydrogen-bond acceptors (Lipinski definition) is 2. The number of anilines is 1. The summed E-state index contributed by atoms with van der Waals surface area (Å²) in [7, 11) is 0. The second kappa shape index (κ2) is 4.88. The van der Waals surface area contributed by atoms with Crippen molar-refractivity contribution in [3.63, 3.8) is 0 Å². The molecule has 0 spiro atoms. The number of aryl methyl sites for hydroxylation is 1. The molecule has 1 aliphatic carbocycles. The van der Waals surface area contributed by atoms with Crippen molar-refractivity contribution in [3.8, 4) is 0 Å². The predicted octanol–water partition coefficient (Wildman–Crippen LogP) is 3.50. The van der Waals surface area contributed by atoms with E-state index in [0.29, 0.717) is 0 Å². The molecule has 1 heterocycles. The molecule has 0 aromatic heterocycles. The summed E-state index contributed by atoms with van der Waals surface area (Å²) in [4.78, 5) is 2.55. The highest BCUT2D eigenvalue weighted by Gasteiger charge is 2.45. The molecule has 2 heteroatoms. The Balaban J connectivity index is 1.71. The first kappa shape index (κ1) is 12.9. The zero-order chi connectivity index (χ0) is 14.4. The molecule has 3 atom stereocenters. The highest BCUT2D eigenvalue weighted by molar-refractivity contribution is 5.59. The number of nitrogens with zero attached hydrogens (tertiary/aromatic N) is 1. The third-order valence-electron chi connectivity index (χ3n) is 5.00. The van der Waals surface area contributed by atoms with Crippen LogP contribution in [0.5, 0.6) is 0 Å². The first-order valence-corrected chi connectivity index (χ1v) is 7.88. The van der Waals surface area contributed by atoms with Crippen molar-refractivity contribution in [1.82, 2.24) is 0 Å². The van der Waals surface area contributed by atoms with E-state index >= 15 is 0 Å². The number of nitrogens with two attached hydrogens (primary N) is 1. The minimum absolute atomic E-state index is 0.0428. The zero-order valence-corrected chi connectivity index (χ0v) is 12.5. The van der Waals surface area contributed by atoms with Gasteiger partial charge in [-0.15, -0.1) is 0 Å². The highest BCUT2D eigenvalue weighted by atomic mass is 15.2. The first-order valence-electron chi connectivity index (χ1n) is 7.88. The molecular formula is C19H22N2. The van der Waals surface area contributed by atoms with Crippen LogP contribution in [0.25, 0.3) is 0 Å². The molecule has 108 valence electrons. The van der Waals surface area contributed by atoms with Gasteiger partial charge in [0.05, 0.1) is 6.04 Å². The fourth-order valence-corrected chi connectivity index (χ4v) is 3.63. The van der Waals surface area contributed by atoms with Gasteiger partial charge in [-0.25, -0.2) is 0 Å². The van der Waals surface area contributed by atoms with E-state index in [9.17, 15) is 0 Å². The van der Waals surface area contributed by atoms with Crippen molar-refractivity contribution in [2.24, 2.45) is 17.6 Å². The average Bonchev–Trinajstić information content (AvgIpc) is 3.13. The lowest BCUT2D eigenvalue weighted by atomic mass is 9.96. The van der Waals surface area contributed by atoms with E-state index in [0.717, 1.165) is 11.8 Å². The van der Waals surface area contributed by atoms with Gasteiger partial charge >= 0.3 is 0 Å². The maximum Gasteiger partial charge on any atom is 0.0572 e. The Morgan fingerprint density at radius 1 is 1.05 bits per heavy atom. The van der Waals surface area contributed by atoms with Gasteiger partial charge in [-0.05, 0) is 47.9 Å². The summed E-state index contributed by atoms with van der Waals surface area (Å²) in [5.41, 5.74) is 11.7. The lowest BCUT2D eigenvalue weighted by molar-refractivity contribution is 0.794. The number of rotatable bonds is 3. The van der Waals surface area contributed by atoms with Gasteiger partial charge in [-0.1, -0.05) is 42.5 Å². The van der Waals surface area contributed by atoms with Crippen LogP contribution >= 0.6 is 0 Å². The molecule has 1 saturated heterocycles. The molecular weight excluding hydrogens is 256 g/mol. The lowest BCUT2D eigenvalue weighted by Crippen LogP contribution is -2.25. The summed E-state index contributed by atoms with van der Waals surface area (Å²) in [6, 6.07) is 17.1. The number of benzene rings is 2. The number of piperidine rings is 1. The second-order valence-corrected chi connectivity index (χ2v) is 6.61. The minimum Gasteiger partial charge on any atom is -0.371 e. The van der Waals surface area contributed by atoms with E-state index < -0.39 is 0 Å². The molecule has 0 bridgehead atoms. The van der Waals surface area contributed by atoms with Crippen molar-refractivity contribution in [2.75, 3.05) is 18.0 Å². The maximum absolute atomic E-state index is 6.55. The van der Waals surface area contributed by atoms with Crippen LogP contribution in [-0.4, -0.2) is 13.1 Å². The molecule has 2 aromatic rings. The van der Waals surface area contributed by atoms with Crippen molar-refractivity contribution in [2.45, 2.75) is 19.4 Å². The zero-order valence-electron chi connectivity index (χ0n) is 12.5. The van der Waals surface area contributed by atoms with Crippen molar-refractivity contribution < 1.29 is 0 Å². The van der Waals surface area contributed by atoms with Crippen LogP contribution in [0, 0.1) is 18.8 Å². The molecule has 2 fully saturated rings. The molecule has 21 heavy (non-hydrogen) atoms. The molecule has 0 radical (unpaired) electrons. The molecule has 2 nitrogen and oxygen atoms in total. The van der Waals surface area contributed by atoms with Crippen LogP contribution in [0.1, 0.15) is 29.2 Å². The van der Waals surface area contributed by atoms with Crippen LogP contribution in [0.3, 0.4) is 0 Å². The molecule has 0 amide bonds. The van der Waals surface area contributed by atoms with Gasteiger partial charge in [-0.3, -0.25) is 0 Å². The van der Waals surface area contributed by atoms with Crippen LogP contribution in [-0.2, 0) is 0 Å². The Morgan fingerprint density at radius 2 is 1.76 bits per heavy atom. The van der Waals surface area contributed by atoms with Crippen LogP contribution in [0.2, 0.25) is 0 Å². The molecule has 3 unspecified atom stereocenters. The summed E-state index contributed by atoms with van der Waals surface area (Å²) >= 11 is 0. The smallest absolute Gasteiger partial charge is 0.0572 e. The highest BCUT2D eigenvalue weighted by Crippen LogP contribution is 2.47. The SMILES string of the molecule is Cc1ccc(C(N)c2ccccc2)c(N2CC3CC3C2)c1. The Kier molecular flexibility index (Phi) is 3.00. The Hall–Kier alpha value is -1.80. The van der Waals surface area contributed by atoms with Gasteiger partial charge in [0.15, 0.2) is 0 Å².